The minimum atomic E-state index is 0.832. The zero-order valence-corrected chi connectivity index (χ0v) is 22.8. The molecular weight excluding hydrogens is 512 g/mol. The van der Waals surface area contributed by atoms with Crippen molar-refractivity contribution in [3.8, 4) is 22.3 Å². The van der Waals surface area contributed by atoms with Crippen LogP contribution in [0.4, 0.5) is 17.1 Å². The third-order valence-electron chi connectivity index (χ3n) is 7.96. The van der Waals surface area contributed by atoms with Crippen LogP contribution in [0.1, 0.15) is 0 Å². The van der Waals surface area contributed by atoms with Gasteiger partial charge in [-0.2, -0.15) is 0 Å². The summed E-state index contributed by atoms with van der Waals surface area (Å²) in [5, 5.41) is 4.55. The third-order valence-corrected chi connectivity index (χ3v) is 7.96. The molecule has 0 bridgehead atoms. The average Bonchev–Trinajstić information content (AvgIpc) is 3.45. The van der Waals surface area contributed by atoms with Crippen molar-refractivity contribution in [1.29, 1.82) is 0 Å². The summed E-state index contributed by atoms with van der Waals surface area (Å²) in [5.41, 5.74) is 9.51. The fourth-order valence-corrected chi connectivity index (χ4v) is 5.84. The van der Waals surface area contributed by atoms with E-state index in [1.54, 1.807) is 6.20 Å². The van der Waals surface area contributed by atoms with Gasteiger partial charge in [0.2, 0.25) is 0 Å². The zero-order chi connectivity index (χ0) is 27.9. The quantitative estimate of drug-likeness (QED) is 0.218. The molecule has 8 rings (SSSR count). The first-order chi connectivity index (χ1) is 20.8. The summed E-state index contributed by atoms with van der Waals surface area (Å²) in [6.45, 7) is 0. The van der Waals surface area contributed by atoms with Crippen LogP contribution in [0.25, 0.3) is 55.0 Å². The molecule has 0 fully saturated rings. The first-order valence-corrected chi connectivity index (χ1v) is 14.1. The Morgan fingerprint density at radius 1 is 0.476 bits per heavy atom. The molecule has 0 unspecified atom stereocenters. The maximum atomic E-state index is 6.45. The predicted octanol–water partition coefficient (Wildman–Crippen LogP) is 10.9. The Balaban J connectivity index is 1.26. The van der Waals surface area contributed by atoms with E-state index in [-0.39, 0.29) is 0 Å². The highest BCUT2D eigenvalue weighted by molar-refractivity contribution is 6.10. The lowest BCUT2D eigenvalue weighted by molar-refractivity contribution is 0.668. The van der Waals surface area contributed by atoms with Crippen LogP contribution in [-0.2, 0) is 0 Å². The number of aromatic nitrogens is 1. The van der Waals surface area contributed by atoms with E-state index in [9.17, 15) is 0 Å². The molecule has 198 valence electrons. The smallest absolute Gasteiger partial charge is 0.159 e. The summed E-state index contributed by atoms with van der Waals surface area (Å²) in [6, 6.07) is 51.4. The van der Waals surface area contributed by atoms with E-state index < -0.39 is 0 Å². The van der Waals surface area contributed by atoms with E-state index in [4.69, 9.17) is 4.42 Å². The minimum Gasteiger partial charge on any atom is -0.454 e. The SMILES string of the molecule is c1ccc(-c2ccc(N(c3ccc(-c4ccc5ccccc5c4)cc3)c3cccc4c3oc3ccncc34)cc2)cc1. The molecule has 42 heavy (non-hydrogen) atoms. The van der Waals surface area contributed by atoms with Crippen LogP contribution < -0.4 is 4.90 Å². The van der Waals surface area contributed by atoms with Crippen molar-refractivity contribution >= 4 is 49.8 Å². The third kappa shape index (κ3) is 4.20. The van der Waals surface area contributed by atoms with Crippen molar-refractivity contribution in [2.45, 2.75) is 0 Å². The van der Waals surface area contributed by atoms with E-state index in [0.29, 0.717) is 0 Å². The average molecular weight is 539 g/mol. The normalized spacial score (nSPS) is 11.3. The number of pyridine rings is 1. The van der Waals surface area contributed by atoms with Crippen molar-refractivity contribution in [2.24, 2.45) is 0 Å². The molecule has 2 heterocycles. The maximum absolute atomic E-state index is 6.45. The summed E-state index contributed by atoms with van der Waals surface area (Å²) >= 11 is 0. The molecule has 0 aliphatic heterocycles. The highest BCUT2D eigenvalue weighted by Gasteiger charge is 2.19. The van der Waals surface area contributed by atoms with E-state index in [1.165, 1.54) is 33.0 Å². The molecule has 0 amide bonds. The van der Waals surface area contributed by atoms with Crippen LogP contribution in [0, 0.1) is 0 Å². The van der Waals surface area contributed by atoms with Gasteiger partial charge in [0.05, 0.1) is 5.69 Å². The lowest BCUT2D eigenvalue weighted by Crippen LogP contribution is -2.10. The summed E-state index contributed by atoms with van der Waals surface area (Å²) in [4.78, 5) is 6.62. The predicted molar refractivity (Wildman–Crippen MR) is 175 cm³/mol. The van der Waals surface area contributed by atoms with E-state index in [0.717, 1.165) is 39.0 Å². The summed E-state index contributed by atoms with van der Waals surface area (Å²) in [5.74, 6) is 0. The Morgan fingerprint density at radius 2 is 1.12 bits per heavy atom. The van der Waals surface area contributed by atoms with Crippen molar-refractivity contribution in [3.05, 3.63) is 158 Å². The molecule has 0 atom stereocenters. The van der Waals surface area contributed by atoms with Gasteiger partial charge in [0.1, 0.15) is 5.58 Å². The number of benzene rings is 6. The fraction of sp³-hybridized carbons (Fsp3) is 0. The Bertz CT molecular complexity index is 2180. The largest absolute Gasteiger partial charge is 0.454 e. The van der Waals surface area contributed by atoms with Crippen LogP contribution >= 0.6 is 0 Å². The topological polar surface area (TPSA) is 29.3 Å². The highest BCUT2D eigenvalue weighted by atomic mass is 16.3. The summed E-state index contributed by atoms with van der Waals surface area (Å²) in [7, 11) is 0. The van der Waals surface area contributed by atoms with Crippen molar-refractivity contribution in [1.82, 2.24) is 4.98 Å². The van der Waals surface area contributed by atoms with Crippen molar-refractivity contribution in [2.75, 3.05) is 4.90 Å². The minimum absolute atomic E-state index is 0.832. The number of hydrogen-bond donors (Lipinski definition) is 0. The van der Waals surface area contributed by atoms with Crippen LogP contribution in [-0.4, -0.2) is 4.98 Å². The number of nitrogens with zero attached hydrogens (tertiary/aromatic N) is 2. The highest BCUT2D eigenvalue weighted by Crippen LogP contribution is 2.42. The number of furan rings is 1. The lowest BCUT2D eigenvalue weighted by Gasteiger charge is -2.26. The molecule has 0 saturated carbocycles. The molecule has 3 heteroatoms. The molecule has 0 saturated heterocycles. The van der Waals surface area contributed by atoms with Crippen LogP contribution in [0.15, 0.2) is 162 Å². The molecule has 0 spiro atoms. The second-order valence-corrected chi connectivity index (χ2v) is 10.5. The van der Waals surface area contributed by atoms with Gasteiger partial charge in [-0.1, -0.05) is 103 Å². The van der Waals surface area contributed by atoms with Gasteiger partial charge in [-0.3, -0.25) is 4.98 Å². The molecule has 8 aromatic rings. The van der Waals surface area contributed by atoms with Gasteiger partial charge < -0.3 is 9.32 Å². The molecule has 0 aliphatic rings. The van der Waals surface area contributed by atoms with Gasteiger partial charge in [-0.25, -0.2) is 0 Å². The van der Waals surface area contributed by atoms with Crippen molar-refractivity contribution in [3.63, 3.8) is 0 Å². The van der Waals surface area contributed by atoms with Gasteiger partial charge in [0.15, 0.2) is 5.58 Å². The van der Waals surface area contributed by atoms with E-state index in [2.05, 4.69) is 143 Å². The summed E-state index contributed by atoms with van der Waals surface area (Å²) in [6.07, 6.45) is 3.65. The van der Waals surface area contributed by atoms with Crippen molar-refractivity contribution < 1.29 is 4.42 Å². The molecule has 6 aromatic carbocycles. The second-order valence-electron chi connectivity index (χ2n) is 10.5. The van der Waals surface area contributed by atoms with Gasteiger partial charge in [0.25, 0.3) is 0 Å². The number of para-hydroxylation sites is 1. The van der Waals surface area contributed by atoms with Gasteiger partial charge >= 0.3 is 0 Å². The number of hydrogen-bond acceptors (Lipinski definition) is 3. The Kier molecular flexibility index (Phi) is 5.79. The van der Waals surface area contributed by atoms with Gasteiger partial charge in [-0.15, -0.1) is 0 Å². The molecule has 0 N–H and O–H groups in total. The first kappa shape index (κ1) is 24.2. The molecule has 0 radical (unpaired) electrons. The molecule has 0 aliphatic carbocycles. The van der Waals surface area contributed by atoms with E-state index in [1.807, 2.05) is 18.3 Å². The number of rotatable bonds is 5. The molecule has 3 nitrogen and oxygen atoms in total. The monoisotopic (exact) mass is 538 g/mol. The second kappa shape index (κ2) is 10.1. The lowest BCUT2D eigenvalue weighted by atomic mass is 10.0. The van der Waals surface area contributed by atoms with Crippen LogP contribution in [0.3, 0.4) is 0 Å². The maximum Gasteiger partial charge on any atom is 0.159 e. The number of fused-ring (bicyclic) bond motifs is 4. The zero-order valence-electron chi connectivity index (χ0n) is 22.8. The summed E-state index contributed by atoms with van der Waals surface area (Å²) < 4.78 is 6.45. The Labute approximate surface area is 243 Å². The Morgan fingerprint density at radius 3 is 1.88 bits per heavy atom. The van der Waals surface area contributed by atoms with E-state index >= 15 is 0 Å². The Hall–Kier alpha value is -5.67. The number of anilines is 3. The molecule has 2 aromatic heterocycles. The first-order valence-electron chi connectivity index (χ1n) is 14.1. The molecular formula is C39H26N2O. The van der Waals surface area contributed by atoms with Gasteiger partial charge in [-0.05, 0) is 75.5 Å². The van der Waals surface area contributed by atoms with Gasteiger partial charge in [0, 0.05) is 34.5 Å². The standard InChI is InChI=1S/C39H26N2O/c1-2-7-27(8-3-1)29-15-19-33(20-16-29)41(37-12-6-11-35-36-26-40-24-23-38(36)42-39(35)37)34-21-17-30(18-22-34)32-14-13-28-9-4-5-10-31(28)25-32/h1-26H. The van der Waals surface area contributed by atoms with Crippen LogP contribution in [0.2, 0.25) is 0 Å². The van der Waals surface area contributed by atoms with Crippen LogP contribution in [0.5, 0.6) is 0 Å². The fourth-order valence-electron chi connectivity index (χ4n) is 5.84.